The Balaban J connectivity index is 1.93. The van der Waals surface area contributed by atoms with E-state index in [4.69, 9.17) is 26.4 Å². The Kier molecular flexibility index (Phi) is 6.82. The van der Waals surface area contributed by atoms with Gasteiger partial charge in [0.25, 0.3) is 0 Å². The average molecular weight is 361 g/mol. The van der Waals surface area contributed by atoms with Gasteiger partial charge in [-0.1, -0.05) is 6.07 Å². The summed E-state index contributed by atoms with van der Waals surface area (Å²) in [5, 5.41) is 6.78. The van der Waals surface area contributed by atoms with E-state index in [2.05, 4.69) is 15.6 Å². The summed E-state index contributed by atoms with van der Waals surface area (Å²) in [6.45, 7) is 2.60. The summed E-state index contributed by atoms with van der Waals surface area (Å²) in [6, 6.07) is 9.61. The van der Waals surface area contributed by atoms with Crippen molar-refractivity contribution in [3.63, 3.8) is 0 Å². The number of nitrogens with one attached hydrogen (secondary N) is 2. The predicted molar refractivity (Wildman–Crippen MR) is 103 cm³/mol. The number of pyridine rings is 1. The lowest BCUT2D eigenvalue weighted by atomic mass is 10.1. The van der Waals surface area contributed by atoms with Gasteiger partial charge in [-0.3, -0.25) is 0 Å². The number of nitrogens with zero attached hydrogens (tertiary/aromatic N) is 1. The highest BCUT2D eigenvalue weighted by atomic mass is 32.1. The lowest BCUT2D eigenvalue weighted by Crippen LogP contribution is -2.30. The van der Waals surface area contributed by atoms with E-state index in [0.717, 1.165) is 23.5 Å². The third-order valence-electron chi connectivity index (χ3n) is 3.55. The monoisotopic (exact) mass is 361 g/mol. The van der Waals surface area contributed by atoms with Gasteiger partial charge in [-0.2, -0.15) is 0 Å². The molecule has 0 bridgehead atoms. The van der Waals surface area contributed by atoms with Crippen molar-refractivity contribution in [2.75, 3.05) is 33.2 Å². The zero-order chi connectivity index (χ0) is 18.2. The first kappa shape index (κ1) is 18.8. The number of aromatic nitrogens is 1. The molecule has 2 N–H and O–H groups in total. The molecule has 1 aromatic carbocycles. The number of aryl methyl sites for hydroxylation is 1. The maximum absolute atomic E-state index is 5.37. The number of hydrogen-bond donors (Lipinski definition) is 2. The Morgan fingerprint density at radius 3 is 2.32 bits per heavy atom. The van der Waals surface area contributed by atoms with Crippen molar-refractivity contribution < 1.29 is 14.2 Å². The van der Waals surface area contributed by atoms with E-state index in [1.54, 1.807) is 21.3 Å². The van der Waals surface area contributed by atoms with E-state index in [1.807, 2.05) is 37.3 Å². The van der Waals surface area contributed by atoms with E-state index in [0.29, 0.717) is 28.9 Å². The molecule has 0 aliphatic heterocycles. The molecular formula is C18H23N3O3S. The third kappa shape index (κ3) is 5.22. The van der Waals surface area contributed by atoms with E-state index >= 15 is 0 Å². The molecule has 134 valence electrons. The Morgan fingerprint density at radius 1 is 1.08 bits per heavy atom. The number of methoxy groups -OCH3 is 3. The fourth-order valence-corrected chi connectivity index (χ4v) is 2.58. The van der Waals surface area contributed by atoms with E-state index in [1.165, 1.54) is 0 Å². The number of anilines is 1. The Morgan fingerprint density at radius 2 is 1.76 bits per heavy atom. The van der Waals surface area contributed by atoms with E-state index in [9.17, 15) is 0 Å². The minimum Gasteiger partial charge on any atom is -0.493 e. The Labute approximate surface area is 153 Å². The standard InChI is InChI=1S/C18H23N3O3S/c1-12-6-5-7-16(20-12)21-18(25)19-9-8-13-10-14(22-2)17(24-4)15(11-13)23-3/h5-7,10-11H,8-9H2,1-4H3,(H2,19,20,21,25). The van der Waals surface area contributed by atoms with Crippen LogP contribution in [0.5, 0.6) is 17.2 Å². The SMILES string of the molecule is COc1cc(CCNC(=S)Nc2cccc(C)n2)cc(OC)c1OC. The van der Waals surface area contributed by atoms with Crippen molar-refractivity contribution in [2.24, 2.45) is 0 Å². The molecule has 25 heavy (non-hydrogen) atoms. The molecule has 0 aliphatic carbocycles. The van der Waals surface area contributed by atoms with Crippen LogP contribution in [0.15, 0.2) is 30.3 Å². The van der Waals surface area contributed by atoms with Gasteiger partial charge in [0.1, 0.15) is 5.82 Å². The first-order valence-electron chi connectivity index (χ1n) is 7.84. The maximum atomic E-state index is 5.37. The van der Waals surface area contributed by atoms with Crippen LogP contribution in [-0.4, -0.2) is 38.0 Å². The lowest BCUT2D eigenvalue weighted by molar-refractivity contribution is 0.324. The largest absolute Gasteiger partial charge is 0.493 e. The summed E-state index contributed by atoms with van der Waals surface area (Å²) in [6.07, 6.45) is 0.750. The first-order valence-corrected chi connectivity index (χ1v) is 8.25. The fraction of sp³-hybridized carbons (Fsp3) is 0.333. The number of ether oxygens (including phenoxy) is 3. The highest BCUT2D eigenvalue weighted by molar-refractivity contribution is 7.80. The van der Waals surface area contributed by atoms with Gasteiger partial charge >= 0.3 is 0 Å². The van der Waals surface area contributed by atoms with Crippen LogP contribution in [-0.2, 0) is 6.42 Å². The molecule has 0 atom stereocenters. The number of benzene rings is 1. The average Bonchev–Trinajstić information content (AvgIpc) is 2.60. The molecule has 0 saturated carbocycles. The second-order valence-electron chi connectivity index (χ2n) is 5.33. The Bertz CT molecular complexity index is 712. The summed E-state index contributed by atoms with van der Waals surface area (Å²) < 4.78 is 16.1. The van der Waals surface area contributed by atoms with Crippen LogP contribution in [0.3, 0.4) is 0 Å². The van der Waals surface area contributed by atoms with Crippen molar-refractivity contribution in [3.8, 4) is 17.2 Å². The van der Waals surface area contributed by atoms with Gasteiger partial charge in [0.15, 0.2) is 16.6 Å². The molecule has 0 aliphatic rings. The van der Waals surface area contributed by atoms with Crippen LogP contribution < -0.4 is 24.8 Å². The van der Waals surface area contributed by atoms with Crippen LogP contribution in [0, 0.1) is 6.92 Å². The molecule has 1 aromatic heterocycles. The van der Waals surface area contributed by atoms with E-state index < -0.39 is 0 Å². The second kappa shape index (κ2) is 9.08. The highest BCUT2D eigenvalue weighted by Crippen LogP contribution is 2.38. The normalized spacial score (nSPS) is 10.1. The van der Waals surface area contributed by atoms with Gasteiger partial charge in [0, 0.05) is 12.2 Å². The van der Waals surface area contributed by atoms with E-state index in [-0.39, 0.29) is 0 Å². The summed E-state index contributed by atoms with van der Waals surface area (Å²) in [4.78, 5) is 4.36. The molecule has 7 heteroatoms. The van der Waals surface area contributed by atoms with Gasteiger partial charge in [-0.15, -0.1) is 0 Å². The van der Waals surface area contributed by atoms with Gasteiger partial charge < -0.3 is 24.8 Å². The smallest absolute Gasteiger partial charge is 0.203 e. The minimum atomic E-state index is 0.533. The van der Waals surface area contributed by atoms with Crippen LogP contribution >= 0.6 is 12.2 Å². The van der Waals surface area contributed by atoms with Crippen LogP contribution in [0.25, 0.3) is 0 Å². The molecule has 0 amide bonds. The second-order valence-corrected chi connectivity index (χ2v) is 5.74. The summed E-state index contributed by atoms with van der Waals surface area (Å²) in [5.41, 5.74) is 1.99. The predicted octanol–water partition coefficient (Wildman–Crippen LogP) is 2.94. The molecule has 0 fully saturated rings. The molecule has 6 nitrogen and oxygen atoms in total. The lowest BCUT2D eigenvalue weighted by Gasteiger charge is -2.15. The molecule has 1 heterocycles. The minimum absolute atomic E-state index is 0.533. The molecule has 0 unspecified atom stereocenters. The van der Waals surface area contributed by atoms with Crippen molar-refractivity contribution in [1.82, 2.24) is 10.3 Å². The number of rotatable bonds is 7. The molecule has 2 aromatic rings. The van der Waals surface area contributed by atoms with Gasteiger partial charge in [-0.25, -0.2) is 4.98 Å². The summed E-state index contributed by atoms with van der Waals surface area (Å²) in [5.74, 6) is 2.60. The van der Waals surface area contributed by atoms with Gasteiger partial charge in [0.2, 0.25) is 5.75 Å². The Hall–Kier alpha value is -2.54. The molecule has 0 radical (unpaired) electrons. The molecular weight excluding hydrogens is 338 g/mol. The highest BCUT2D eigenvalue weighted by Gasteiger charge is 2.13. The van der Waals surface area contributed by atoms with Gasteiger partial charge in [-0.05, 0) is 55.4 Å². The summed E-state index contributed by atoms with van der Waals surface area (Å²) >= 11 is 5.30. The first-order chi connectivity index (χ1) is 12.1. The molecule has 2 rings (SSSR count). The zero-order valence-electron chi connectivity index (χ0n) is 14.9. The zero-order valence-corrected chi connectivity index (χ0v) is 15.7. The molecule has 0 saturated heterocycles. The van der Waals surface area contributed by atoms with Gasteiger partial charge in [0.05, 0.1) is 21.3 Å². The summed E-state index contributed by atoms with van der Waals surface area (Å²) in [7, 11) is 4.80. The van der Waals surface area contributed by atoms with Crippen molar-refractivity contribution in [1.29, 1.82) is 0 Å². The topological polar surface area (TPSA) is 64.6 Å². The maximum Gasteiger partial charge on any atom is 0.203 e. The van der Waals surface area contributed by atoms with Crippen LogP contribution in [0.2, 0.25) is 0 Å². The third-order valence-corrected chi connectivity index (χ3v) is 3.80. The van der Waals surface area contributed by atoms with Crippen LogP contribution in [0.1, 0.15) is 11.3 Å². The number of thiocarbonyl (C=S) groups is 1. The number of hydrogen-bond acceptors (Lipinski definition) is 5. The quantitative estimate of drug-likeness (QED) is 0.735. The fourth-order valence-electron chi connectivity index (χ4n) is 2.37. The van der Waals surface area contributed by atoms with Crippen LogP contribution in [0.4, 0.5) is 5.82 Å². The van der Waals surface area contributed by atoms with Crippen molar-refractivity contribution >= 4 is 23.1 Å². The van der Waals surface area contributed by atoms with Crippen molar-refractivity contribution in [2.45, 2.75) is 13.3 Å². The molecule has 0 spiro atoms. The van der Waals surface area contributed by atoms with Crippen molar-refractivity contribution in [3.05, 3.63) is 41.6 Å².